The summed E-state index contributed by atoms with van der Waals surface area (Å²) in [6.45, 7) is 5.21. The van der Waals surface area contributed by atoms with Gasteiger partial charge in [-0.05, 0) is 33.0 Å². The third-order valence-electron chi connectivity index (χ3n) is 3.67. The molecule has 1 saturated heterocycles. The van der Waals surface area contributed by atoms with Gasteiger partial charge in [-0.2, -0.15) is 4.31 Å². The monoisotopic (exact) mass is 302 g/mol. The minimum atomic E-state index is -3.79. The molecule has 0 atom stereocenters. The van der Waals surface area contributed by atoms with Crippen molar-refractivity contribution in [2.24, 2.45) is 0 Å². The van der Waals surface area contributed by atoms with Gasteiger partial charge in [-0.25, -0.2) is 13.2 Å². The van der Waals surface area contributed by atoms with Gasteiger partial charge in [-0.15, -0.1) is 0 Å². The summed E-state index contributed by atoms with van der Waals surface area (Å²) in [5, 5.41) is 8.46. The van der Waals surface area contributed by atoms with E-state index in [0.717, 1.165) is 6.07 Å². The van der Waals surface area contributed by atoms with Crippen LogP contribution in [0.1, 0.15) is 24.4 Å². The van der Waals surface area contributed by atoms with Gasteiger partial charge in [0, 0.05) is 25.2 Å². The number of rotatable bonds is 3. The minimum absolute atomic E-state index is 0.284. The summed E-state index contributed by atoms with van der Waals surface area (Å²) in [5.41, 5.74) is -0.284. The summed E-state index contributed by atoms with van der Waals surface area (Å²) in [6, 6.07) is 2.33. The predicted octanol–water partition coefficient (Wildman–Crippen LogP) is 0.692. The number of carboxylic acids is 1. The van der Waals surface area contributed by atoms with Gasteiger partial charge in [0.15, 0.2) is 0 Å². The van der Waals surface area contributed by atoms with Crippen LogP contribution in [0, 0.1) is 0 Å². The van der Waals surface area contributed by atoms with E-state index < -0.39 is 16.0 Å². The molecule has 0 aliphatic carbocycles. The van der Waals surface area contributed by atoms with Crippen molar-refractivity contribution in [1.82, 2.24) is 9.21 Å². The molecule has 1 aromatic rings. The van der Waals surface area contributed by atoms with Crippen LogP contribution in [0.4, 0.5) is 0 Å². The number of carbonyl (C=O) groups is 1. The van der Waals surface area contributed by atoms with Gasteiger partial charge in [-0.3, -0.25) is 4.90 Å². The Morgan fingerprint density at radius 1 is 1.35 bits per heavy atom. The first-order valence-electron chi connectivity index (χ1n) is 6.19. The van der Waals surface area contributed by atoms with Crippen molar-refractivity contribution >= 4 is 16.0 Å². The lowest BCUT2D eigenvalue weighted by Gasteiger charge is -2.44. The zero-order valence-electron chi connectivity index (χ0n) is 11.7. The predicted molar refractivity (Wildman–Crippen MR) is 71.1 cm³/mol. The number of sulfonamides is 1. The fourth-order valence-corrected chi connectivity index (χ4v) is 3.60. The fraction of sp³-hybridized carbons (Fsp3) is 0.583. The van der Waals surface area contributed by atoms with E-state index in [2.05, 4.69) is 4.90 Å². The summed E-state index contributed by atoms with van der Waals surface area (Å²) in [4.78, 5) is 12.8. The van der Waals surface area contributed by atoms with E-state index in [1.54, 1.807) is 0 Å². The van der Waals surface area contributed by atoms with Gasteiger partial charge >= 0.3 is 5.97 Å². The molecule has 1 fully saturated rings. The SMILES string of the molecule is CN1CCN(S(=O)(=O)c2ccc(C(=O)O)o2)CC1(C)C. The number of furan rings is 1. The lowest BCUT2D eigenvalue weighted by atomic mass is 10.0. The Labute approximate surface area is 117 Å². The number of likely N-dealkylation sites (N-methyl/N-ethyl adjacent to an activating group) is 1. The van der Waals surface area contributed by atoms with Gasteiger partial charge in [0.25, 0.3) is 10.0 Å². The van der Waals surface area contributed by atoms with Crippen molar-refractivity contribution < 1.29 is 22.7 Å². The van der Waals surface area contributed by atoms with E-state index in [4.69, 9.17) is 9.52 Å². The number of hydrogen-bond acceptors (Lipinski definition) is 5. The molecule has 0 bridgehead atoms. The molecule has 2 heterocycles. The molecule has 1 aliphatic heterocycles. The molecule has 0 amide bonds. The molecule has 112 valence electrons. The summed E-state index contributed by atoms with van der Waals surface area (Å²) in [5.74, 6) is -1.66. The topological polar surface area (TPSA) is 91.1 Å². The van der Waals surface area contributed by atoms with Crippen LogP contribution in [0.3, 0.4) is 0 Å². The quantitative estimate of drug-likeness (QED) is 0.883. The zero-order chi connectivity index (χ0) is 15.1. The second-order valence-corrected chi connectivity index (χ2v) is 7.37. The van der Waals surface area contributed by atoms with Crippen LogP contribution in [0.2, 0.25) is 0 Å². The van der Waals surface area contributed by atoms with Gasteiger partial charge in [0.1, 0.15) is 0 Å². The zero-order valence-corrected chi connectivity index (χ0v) is 12.5. The normalized spacial score (nSPS) is 20.9. The van der Waals surface area contributed by atoms with E-state index in [1.807, 2.05) is 20.9 Å². The smallest absolute Gasteiger partial charge is 0.371 e. The van der Waals surface area contributed by atoms with E-state index in [9.17, 15) is 13.2 Å². The van der Waals surface area contributed by atoms with Crippen molar-refractivity contribution in [3.8, 4) is 0 Å². The Balaban J connectivity index is 2.28. The van der Waals surface area contributed by atoms with Crippen molar-refractivity contribution in [2.45, 2.75) is 24.5 Å². The molecule has 8 heteroatoms. The first-order valence-corrected chi connectivity index (χ1v) is 7.63. The standard InChI is InChI=1S/C12H18N2O5S/c1-12(2)8-14(7-6-13(12)3)20(17,18)10-5-4-9(19-10)11(15)16/h4-5H,6-8H2,1-3H3,(H,15,16). The average molecular weight is 302 g/mol. The van der Waals surface area contributed by atoms with Crippen molar-refractivity contribution in [1.29, 1.82) is 0 Å². The first kappa shape index (κ1) is 15.0. The molecule has 0 unspecified atom stereocenters. The molecule has 7 nitrogen and oxygen atoms in total. The Bertz CT molecular complexity index is 620. The first-order chi connectivity index (χ1) is 9.14. The van der Waals surface area contributed by atoms with Gasteiger partial charge < -0.3 is 9.52 Å². The highest BCUT2D eigenvalue weighted by Gasteiger charge is 2.38. The maximum Gasteiger partial charge on any atom is 0.371 e. The molecule has 1 N–H and O–H groups in total. The molecular formula is C12H18N2O5S. The Morgan fingerprint density at radius 2 is 2.00 bits per heavy atom. The third-order valence-corrected chi connectivity index (χ3v) is 5.39. The second kappa shape index (κ2) is 4.87. The summed E-state index contributed by atoms with van der Waals surface area (Å²) >= 11 is 0. The largest absolute Gasteiger partial charge is 0.475 e. The number of nitrogens with zero attached hydrogens (tertiary/aromatic N) is 2. The second-order valence-electron chi connectivity index (χ2n) is 5.50. The Kier molecular flexibility index (Phi) is 3.66. The summed E-state index contributed by atoms with van der Waals surface area (Å²) < 4.78 is 31.1. The van der Waals surface area contributed by atoms with E-state index in [-0.39, 0.29) is 16.4 Å². The summed E-state index contributed by atoms with van der Waals surface area (Å²) in [6.07, 6.45) is 0. The number of hydrogen-bond donors (Lipinski definition) is 1. The van der Waals surface area contributed by atoms with Gasteiger partial charge in [0.05, 0.1) is 0 Å². The third kappa shape index (κ3) is 2.58. The molecule has 0 aromatic carbocycles. The van der Waals surface area contributed by atoms with Crippen molar-refractivity contribution in [3.05, 3.63) is 17.9 Å². The molecular weight excluding hydrogens is 284 g/mol. The van der Waals surface area contributed by atoms with Crippen molar-refractivity contribution in [3.63, 3.8) is 0 Å². The van der Waals surface area contributed by atoms with Crippen LogP contribution in [-0.4, -0.2) is 60.9 Å². The molecule has 1 aliphatic rings. The lowest BCUT2D eigenvalue weighted by molar-refractivity contribution is 0.0653. The van der Waals surface area contributed by atoms with E-state index in [1.165, 1.54) is 10.4 Å². The van der Waals surface area contributed by atoms with Gasteiger partial charge in [0.2, 0.25) is 10.9 Å². The van der Waals surface area contributed by atoms with E-state index >= 15 is 0 Å². The average Bonchev–Trinajstić information content (AvgIpc) is 2.82. The van der Waals surface area contributed by atoms with Crippen LogP contribution in [0.15, 0.2) is 21.6 Å². The van der Waals surface area contributed by atoms with Gasteiger partial charge in [-0.1, -0.05) is 0 Å². The Morgan fingerprint density at radius 3 is 2.50 bits per heavy atom. The summed E-state index contributed by atoms with van der Waals surface area (Å²) in [7, 11) is -1.85. The molecule has 0 saturated carbocycles. The van der Waals surface area contributed by atoms with Crippen molar-refractivity contribution in [2.75, 3.05) is 26.7 Å². The van der Waals surface area contributed by atoms with Crippen LogP contribution in [0.25, 0.3) is 0 Å². The maximum atomic E-state index is 12.4. The highest BCUT2D eigenvalue weighted by atomic mass is 32.2. The number of aromatic carboxylic acids is 1. The molecule has 0 spiro atoms. The highest BCUT2D eigenvalue weighted by Crippen LogP contribution is 2.25. The lowest BCUT2D eigenvalue weighted by Crippen LogP contribution is -2.58. The van der Waals surface area contributed by atoms with Crippen LogP contribution < -0.4 is 0 Å². The fourth-order valence-electron chi connectivity index (χ4n) is 2.10. The number of carboxylic acid groups (broad SMARTS) is 1. The van der Waals surface area contributed by atoms with Crippen LogP contribution >= 0.6 is 0 Å². The highest BCUT2D eigenvalue weighted by molar-refractivity contribution is 7.89. The molecule has 20 heavy (non-hydrogen) atoms. The Hall–Kier alpha value is -1.38. The minimum Gasteiger partial charge on any atom is -0.475 e. The van der Waals surface area contributed by atoms with Crippen LogP contribution in [0.5, 0.6) is 0 Å². The van der Waals surface area contributed by atoms with Crippen LogP contribution in [-0.2, 0) is 10.0 Å². The molecule has 1 aromatic heterocycles. The molecule has 0 radical (unpaired) electrons. The molecule has 2 rings (SSSR count). The van der Waals surface area contributed by atoms with E-state index in [0.29, 0.717) is 19.6 Å². The maximum absolute atomic E-state index is 12.4. The number of piperazine rings is 1.